The van der Waals surface area contributed by atoms with Gasteiger partial charge in [-0.15, -0.1) is 0 Å². The molecule has 0 aromatic heterocycles. The summed E-state index contributed by atoms with van der Waals surface area (Å²) in [5.74, 6) is 0. The first-order valence-corrected chi connectivity index (χ1v) is 10.4. The van der Waals surface area contributed by atoms with Gasteiger partial charge >= 0.3 is 0 Å². The summed E-state index contributed by atoms with van der Waals surface area (Å²) in [6.07, 6.45) is 7.33. The van der Waals surface area contributed by atoms with Gasteiger partial charge in [-0.3, -0.25) is 0 Å². The molecule has 0 saturated heterocycles. The van der Waals surface area contributed by atoms with Crippen molar-refractivity contribution in [1.82, 2.24) is 0 Å². The Morgan fingerprint density at radius 2 is 1.58 bits per heavy atom. The van der Waals surface area contributed by atoms with Crippen molar-refractivity contribution < 1.29 is 4.12 Å². The van der Waals surface area contributed by atoms with E-state index in [9.17, 15) is 0 Å². The van der Waals surface area contributed by atoms with Gasteiger partial charge in [0.1, 0.15) is 0 Å². The van der Waals surface area contributed by atoms with Crippen LogP contribution in [0.2, 0.25) is 25.2 Å². The fraction of sp³-hybridized carbons (Fsp3) is 1.00. The Balaban J connectivity index is 2.24. The zero-order chi connectivity index (χ0) is 8.97. The van der Waals surface area contributed by atoms with Crippen LogP contribution in [0, 0.1) is 0 Å². The molecule has 0 spiro atoms. The maximum atomic E-state index is 6.07. The first kappa shape index (κ1) is 10.5. The molecule has 0 bridgehead atoms. The summed E-state index contributed by atoms with van der Waals surface area (Å²) in [7, 11) is -1.52. The first-order valence-electron chi connectivity index (χ1n) is 5.35. The van der Waals surface area contributed by atoms with E-state index in [1.807, 2.05) is 0 Å². The summed E-state index contributed by atoms with van der Waals surface area (Å²) in [4.78, 5) is 0. The predicted octanol–water partition coefficient (Wildman–Crippen LogP) is 2.67. The first-order chi connectivity index (χ1) is 5.70. The molecule has 0 aromatic rings. The average Bonchev–Trinajstić information content (AvgIpc) is 2.05. The topological polar surface area (TPSA) is 9.23 Å². The summed E-state index contributed by atoms with van der Waals surface area (Å²) in [6.45, 7) is 7.00. The van der Waals surface area contributed by atoms with Crippen molar-refractivity contribution in [2.24, 2.45) is 0 Å². The zero-order valence-electron chi connectivity index (χ0n) is 8.68. The Hall–Kier alpha value is 0.394. The molecular formula is C9H22OSi2. The normalized spacial score (nSPS) is 23.0. The summed E-state index contributed by atoms with van der Waals surface area (Å²) in [5.41, 5.74) is 1.01. The van der Waals surface area contributed by atoms with Crippen molar-refractivity contribution >= 4 is 18.1 Å². The highest BCUT2D eigenvalue weighted by molar-refractivity contribution is 6.64. The Bertz CT molecular complexity index is 122. The molecule has 12 heavy (non-hydrogen) atoms. The molecule has 0 aliphatic heterocycles. The van der Waals surface area contributed by atoms with Gasteiger partial charge in [0.25, 0.3) is 0 Å². The third kappa shape index (κ3) is 3.41. The van der Waals surface area contributed by atoms with Gasteiger partial charge in [0.15, 0.2) is 18.1 Å². The van der Waals surface area contributed by atoms with E-state index in [0.717, 1.165) is 5.54 Å². The molecular weight excluding hydrogens is 180 g/mol. The maximum Gasteiger partial charge on any atom is 0.162 e. The number of hydrogen-bond acceptors (Lipinski definition) is 1. The molecule has 0 amide bonds. The molecule has 0 N–H and O–H groups in total. The molecule has 0 radical (unpaired) electrons. The Labute approximate surface area is 80.0 Å². The molecule has 1 rings (SSSR count). The second-order valence-electron chi connectivity index (χ2n) is 4.29. The molecule has 1 nitrogen and oxygen atoms in total. The Morgan fingerprint density at radius 3 is 2.08 bits per heavy atom. The smallest absolute Gasteiger partial charge is 0.162 e. The van der Waals surface area contributed by atoms with E-state index in [0.29, 0.717) is 0 Å². The summed E-state index contributed by atoms with van der Waals surface area (Å²) >= 11 is 0. The molecule has 72 valence electrons. The molecule has 1 saturated carbocycles. The lowest BCUT2D eigenvalue weighted by Gasteiger charge is -2.27. The largest absolute Gasteiger partial charge is 0.460 e. The number of hydrogen-bond donors (Lipinski definition) is 0. The van der Waals surface area contributed by atoms with Crippen LogP contribution in [0.3, 0.4) is 0 Å². The lowest BCUT2D eigenvalue weighted by Crippen LogP contribution is -2.28. The second-order valence-corrected chi connectivity index (χ2v) is 9.83. The molecule has 1 aliphatic rings. The van der Waals surface area contributed by atoms with Crippen molar-refractivity contribution in [2.75, 3.05) is 0 Å². The van der Waals surface area contributed by atoms with Crippen molar-refractivity contribution in [3.8, 4) is 0 Å². The van der Waals surface area contributed by atoms with Gasteiger partial charge in [-0.2, -0.15) is 0 Å². The van der Waals surface area contributed by atoms with Gasteiger partial charge in [-0.25, -0.2) is 0 Å². The van der Waals surface area contributed by atoms with Crippen LogP contribution < -0.4 is 0 Å². The van der Waals surface area contributed by atoms with E-state index in [2.05, 4.69) is 19.6 Å². The maximum absolute atomic E-state index is 6.07. The highest BCUT2D eigenvalue weighted by Crippen LogP contribution is 2.31. The SMILES string of the molecule is C[SiH](C)O[SiH](C)C1CCCCC1. The molecule has 3 heteroatoms. The molecule has 0 aromatic carbocycles. The van der Waals surface area contributed by atoms with Crippen LogP contribution in [0.1, 0.15) is 32.1 Å². The minimum absolute atomic E-state index is 0.738. The Morgan fingerprint density at radius 1 is 1.00 bits per heavy atom. The van der Waals surface area contributed by atoms with Gasteiger partial charge in [-0.1, -0.05) is 32.1 Å². The standard InChI is InChI=1S/C9H22OSi2/c1-11(2)10-12(3)9-7-5-4-6-8-9/h9,11-12H,4-8H2,1-3H3. The van der Waals surface area contributed by atoms with Crippen LogP contribution in [0.5, 0.6) is 0 Å². The van der Waals surface area contributed by atoms with E-state index < -0.39 is 18.1 Å². The molecule has 1 unspecified atom stereocenters. The van der Waals surface area contributed by atoms with Crippen LogP contribution in [0.15, 0.2) is 0 Å². The van der Waals surface area contributed by atoms with E-state index in [-0.39, 0.29) is 0 Å². The average molecular weight is 202 g/mol. The quantitative estimate of drug-likeness (QED) is 0.640. The summed E-state index contributed by atoms with van der Waals surface area (Å²) < 4.78 is 6.07. The third-order valence-electron chi connectivity index (χ3n) is 2.80. The third-order valence-corrected chi connectivity index (χ3v) is 8.69. The van der Waals surface area contributed by atoms with Crippen molar-refractivity contribution in [1.29, 1.82) is 0 Å². The van der Waals surface area contributed by atoms with Gasteiger partial charge < -0.3 is 4.12 Å². The van der Waals surface area contributed by atoms with Gasteiger partial charge in [0, 0.05) is 0 Å². The zero-order valence-corrected chi connectivity index (χ0v) is 11.0. The molecule has 0 heterocycles. The molecule has 1 atom stereocenters. The van der Waals surface area contributed by atoms with Crippen LogP contribution in [0.4, 0.5) is 0 Å². The minimum Gasteiger partial charge on any atom is -0.460 e. The van der Waals surface area contributed by atoms with Gasteiger partial charge in [0.05, 0.1) is 0 Å². The van der Waals surface area contributed by atoms with Crippen LogP contribution in [-0.4, -0.2) is 18.1 Å². The summed E-state index contributed by atoms with van der Waals surface area (Å²) in [6, 6.07) is 0. The van der Waals surface area contributed by atoms with Crippen molar-refractivity contribution in [3.63, 3.8) is 0 Å². The monoisotopic (exact) mass is 202 g/mol. The van der Waals surface area contributed by atoms with Crippen molar-refractivity contribution in [2.45, 2.75) is 57.3 Å². The Kier molecular flexibility index (Phi) is 4.53. The number of rotatable bonds is 3. The fourth-order valence-electron chi connectivity index (χ4n) is 2.14. The van der Waals surface area contributed by atoms with Crippen LogP contribution in [0.25, 0.3) is 0 Å². The summed E-state index contributed by atoms with van der Waals surface area (Å²) in [5, 5.41) is 0. The predicted molar refractivity (Wildman–Crippen MR) is 59.8 cm³/mol. The lowest BCUT2D eigenvalue weighted by molar-refractivity contribution is 0.460. The van der Waals surface area contributed by atoms with E-state index in [1.165, 1.54) is 32.1 Å². The highest BCUT2D eigenvalue weighted by atomic mass is 28.4. The van der Waals surface area contributed by atoms with Gasteiger partial charge in [0.2, 0.25) is 0 Å². The highest BCUT2D eigenvalue weighted by Gasteiger charge is 2.22. The van der Waals surface area contributed by atoms with Crippen LogP contribution >= 0.6 is 0 Å². The van der Waals surface area contributed by atoms with Crippen LogP contribution in [-0.2, 0) is 4.12 Å². The second kappa shape index (κ2) is 5.19. The van der Waals surface area contributed by atoms with E-state index >= 15 is 0 Å². The minimum atomic E-state index is -0.780. The van der Waals surface area contributed by atoms with Crippen molar-refractivity contribution in [3.05, 3.63) is 0 Å². The molecule has 1 fully saturated rings. The van der Waals surface area contributed by atoms with Gasteiger partial charge in [-0.05, 0) is 25.2 Å². The fourth-order valence-corrected chi connectivity index (χ4v) is 7.88. The lowest BCUT2D eigenvalue weighted by atomic mass is 10.0. The van der Waals surface area contributed by atoms with E-state index in [4.69, 9.17) is 4.12 Å². The van der Waals surface area contributed by atoms with E-state index in [1.54, 1.807) is 0 Å². The molecule has 1 aliphatic carbocycles.